The topological polar surface area (TPSA) is 58.2 Å². The Kier molecular flexibility index (Phi) is 5.84. The van der Waals surface area contributed by atoms with Crippen molar-refractivity contribution in [2.75, 3.05) is 0 Å². The van der Waals surface area contributed by atoms with Crippen molar-refractivity contribution in [3.8, 4) is 0 Å². The van der Waals surface area contributed by atoms with E-state index in [9.17, 15) is 14.0 Å². The van der Waals surface area contributed by atoms with Crippen molar-refractivity contribution < 1.29 is 14.0 Å². The quantitative estimate of drug-likeness (QED) is 0.652. The zero-order valence-electron chi connectivity index (χ0n) is 15.7. The minimum absolute atomic E-state index is 0.186. The van der Waals surface area contributed by atoms with Gasteiger partial charge >= 0.3 is 0 Å². The SMILES string of the molecule is Cc1ccccc1C(=O)NC(NC(=O)c1ccccc1C)c1ccccc1F. The first-order valence-corrected chi connectivity index (χ1v) is 8.95. The van der Waals surface area contributed by atoms with Gasteiger partial charge in [-0.2, -0.15) is 0 Å². The number of amides is 2. The Hall–Kier alpha value is -3.47. The van der Waals surface area contributed by atoms with Gasteiger partial charge < -0.3 is 10.6 Å². The molecule has 0 saturated carbocycles. The number of benzene rings is 3. The number of halogens is 1. The van der Waals surface area contributed by atoms with Crippen LogP contribution in [0, 0.1) is 19.7 Å². The second-order valence-corrected chi connectivity index (χ2v) is 6.53. The molecule has 0 saturated heterocycles. The maximum Gasteiger partial charge on any atom is 0.253 e. The van der Waals surface area contributed by atoms with Crippen molar-refractivity contribution in [2.24, 2.45) is 0 Å². The predicted octanol–water partition coefficient (Wildman–Crippen LogP) is 4.30. The first-order chi connectivity index (χ1) is 13.5. The van der Waals surface area contributed by atoms with E-state index in [4.69, 9.17) is 0 Å². The molecule has 0 unspecified atom stereocenters. The summed E-state index contributed by atoms with van der Waals surface area (Å²) in [6.45, 7) is 3.64. The van der Waals surface area contributed by atoms with Gasteiger partial charge in [0.1, 0.15) is 12.0 Å². The first-order valence-electron chi connectivity index (χ1n) is 8.95. The zero-order valence-corrected chi connectivity index (χ0v) is 15.7. The van der Waals surface area contributed by atoms with Crippen LogP contribution in [0.4, 0.5) is 4.39 Å². The highest BCUT2D eigenvalue weighted by Gasteiger charge is 2.22. The summed E-state index contributed by atoms with van der Waals surface area (Å²) in [5, 5.41) is 5.48. The van der Waals surface area contributed by atoms with Gasteiger partial charge in [0.15, 0.2) is 0 Å². The number of nitrogens with one attached hydrogen (secondary N) is 2. The van der Waals surface area contributed by atoms with Gasteiger partial charge in [-0.1, -0.05) is 54.6 Å². The van der Waals surface area contributed by atoms with Crippen LogP contribution in [0.15, 0.2) is 72.8 Å². The molecule has 28 heavy (non-hydrogen) atoms. The monoisotopic (exact) mass is 376 g/mol. The van der Waals surface area contributed by atoms with Gasteiger partial charge in [-0.25, -0.2) is 4.39 Å². The Morgan fingerprint density at radius 1 is 0.714 bits per heavy atom. The summed E-state index contributed by atoms with van der Waals surface area (Å²) in [6, 6.07) is 20.2. The average Bonchev–Trinajstić information content (AvgIpc) is 2.68. The fourth-order valence-corrected chi connectivity index (χ4v) is 2.97. The van der Waals surface area contributed by atoms with E-state index in [0.717, 1.165) is 11.1 Å². The van der Waals surface area contributed by atoms with E-state index in [-0.39, 0.29) is 5.56 Å². The van der Waals surface area contributed by atoms with Crippen LogP contribution >= 0.6 is 0 Å². The van der Waals surface area contributed by atoms with Crippen LogP contribution in [-0.2, 0) is 0 Å². The van der Waals surface area contributed by atoms with Gasteiger partial charge in [-0.15, -0.1) is 0 Å². The summed E-state index contributed by atoms with van der Waals surface area (Å²) in [6.07, 6.45) is -1.01. The van der Waals surface area contributed by atoms with Gasteiger partial charge in [-0.3, -0.25) is 9.59 Å². The molecule has 0 aliphatic carbocycles. The standard InChI is InChI=1S/C23H21FN2O2/c1-15-9-3-5-11-17(15)22(27)25-21(19-13-7-8-14-20(19)24)26-23(28)18-12-6-4-10-16(18)2/h3-14,21H,1-2H3,(H,25,27)(H,26,28). The van der Waals surface area contributed by atoms with Crippen molar-refractivity contribution in [1.29, 1.82) is 0 Å². The van der Waals surface area contributed by atoms with Gasteiger partial charge in [-0.05, 0) is 43.2 Å². The van der Waals surface area contributed by atoms with E-state index in [1.165, 1.54) is 12.1 Å². The highest BCUT2D eigenvalue weighted by Crippen LogP contribution is 2.18. The molecule has 0 aliphatic rings. The summed E-state index contributed by atoms with van der Waals surface area (Å²) in [4.78, 5) is 25.5. The van der Waals surface area contributed by atoms with Gasteiger partial charge in [0.2, 0.25) is 0 Å². The van der Waals surface area contributed by atoms with Crippen LogP contribution < -0.4 is 10.6 Å². The lowest BCUT2D eigenvalue weighted by molar-refractivity contribution is 0.0881. The molecule has 0 fully saturated rings. The van der Waals surface area contributed by atoms with Crippen molar-refractivity contribution in [2.45, 2.75) is 20.0 Å². The van der Waals surface area contributed by atoms with Gasteiger partial charge in [0.25, 0.3) is 11.8 Å². The number of carbonyl (C=O) groups excluding carboxylic acids is 2. The summed E-state index contributed by atoms with van der Waals surface area (Å²) in [7, 11) is 0. The molecule has 0 spiro atoms. The molecule has 0 radical (unpaired) electrons. The molecule has 2 N–H and O–H groups in total. The van der Waals surface area contributed by atoms with Gasteiger partial charge in [0.05, 0.1) is 0 Å². The van der Waals surface area contributed by atoms with Crippen LogP contribution in [0.3, 0.4) is 0 Å². The largest absolute Gasteiger partial charge is 0.328 e. The number of carbonyl (C=O) groups is 2. The zero-order chi connectivity index (χ0) is 20.1. The lowest BCUT2D eigenvalue weighted by Crippen LogP contribution is -2.42. The van der Waals surface area contributed by atoms with Gasteiger partial charge in [0, 0.05) is 16.7 Å². The minimum atomic E-state index is -1.01. The number of hydrogen-bond acceptors (Lipinski definition) is 2. The fourth-order valence-electron chi connectivity index (χ4n) is 2.97. The molecule has 142 valence electrons. The smallest absolute Gasteiger partial charge is 0.253 e. The van der Waals surface area contributed by atoms with E-state index < -0.39 is 23.8 Å². The molecule has 3 aromatic rings. The Labute approximate surface area is 163 Å². The Balaban J connectivity index is 1.91. The molecule has 5 heteroatoms. The molecule has 0 bridgehead atoms. The molecule has 2 amide bonds. The lowest BCUT2D eigenvalue weighted by Gasteiger charge is -2.22. The van der Waals surface area contributed by atoms with Crippen LogP contribution in [0.25, 0.3) is 0 Å². The average molecular weight is 376 g/mol. The maximum absolute atomic E-state index is 14.4. The Bertz CT molecular complexity index is 957. The second kappa shape index (κ2) is 8.48. The predicted molar refractivity (Wildman–Crippen MR) is 106 cm³/mol. The molecule has 0 aromatic heterocycles. The van der Waals surface area contributed by atoms with Crippen molar-refractivity contribution >= 4 is 11.8 Å². The highest BCUT2D eigenvalue weighted by atomic mass is 19.1. The molecule has 3 aromatic carbocycles. The van der Waals surface area contributed by atoms with E-state index >= 15 is 0 Å². The minimum Gasteiger partial charge on any atom is -0.328 e. The molecular weight excluding hydrogens is 355 g/mol. The van der Waals surface area contributed by atoms with E-state index in [1.54, 1.807) is 36.4 Å². The van der Waals surface area contributed by atoms with Crippen molar-refractivity contribution in [3.05, 3.63) is 106 Å². The fraction of sp³-hybridized carbons (Fsp3) is 0.130. The number of aryl methyl sites for hydroxylation is 2. The summed E-state index contributed by atoms with van der Waals surface area (Å²) >= 11 is 0. The molecule has 0 aliphatic heterocycles. The Morgan fingerprint density at radius 3 is 1.61 bits per heavy atom. The van der Waals surface area contributed by atoms with Crippen LogP contribution in [0.1, 0.15) is 43.6 Å². The highest BCUT2D eigenvalue weighted by molar-refractivity contribution is 5.98. The summed E-state index contributed by atoms with van der Waals surface area (Å²) in [5.41, 5.74) is 2.70. The van der Waals surface area contributed by atoms with E-state index in [0.29, 0.717) is 11.1 Å². The van der Waals surface area contributed by atoms with Crippen molar-refractivity contribution in [1.82, 2.24) is 10.6 Å². The molecule has 0 heterocycles. The van der Waals surface area contributed by atoms with E-state index in [2.05, 4.69) is 10.6 Å². The second-order valence-electron chi connectivity index (χ2n) is 6.53. The first kappa shape index (κ1) is 19.3. The lowest BCUT2D eigenvalue weighted by atomic mass is 10.1. The van der Waals surface area contributed by atoms with Crippen LogP contribution in [0.5, 0.6) is 0 Å². The van der Waals surface area contributed by atoms with E-state index in [1.807, 2.05) is 38.1 Å². The summed E-state index contributed by atoms with van der Waals surface area (Å²) in [5.74, 6) is -1.30. The van der Waals surface area contributed by atoms with Crippen molar-refractivity contribution in [3.63, 3.8) is 0 Å². The molecule has 4 nitrogen and oxygen atoms in total. The maximum atomic E-state index is 14.4. The molecule has 3 rings (SSSR count). The number of rotatable bonds is 5. The third-order valence-corrected chi connectivity index (χ3v) is 4.55. The molecular formula is C23H21FN2O2. The molecule has 0 atom stereocenters. The van der Waals surface area contributed by atoms with Crippen LogP contribution in [0.2, 0.25) is 0 Å². The number of hydrogen-bond donors (Lipinski definition) is 2. The summed E-state index contributed by atoms with van der Waals surface area (Å²) < 4.78 is 14.4. The third-order valence-electron chi connectivity index (χ3n) is 4.55. The van der Waals surface area contributed by atoms with Crippen LogP contribution in [-0.4, -0.2) is 11.8 Å². The third kappa shape index (κ3) is 4.26. The Morgan fingerprint density at radius 2 is 1.14 bits per heavy atom. The normalized spacial score (nSPS) is 10.6.